The Bertz CT molecular complexity index is 1150. The number of halogens is 3. The number of rotatable bonds is 3. The first-order valence-electron chi connectivity index (χ1n) is 10.0. The molecule has 12 heteroatoms. The minimum atomic E-state index is -4.68. The predicted octanol–water partition coefficient (Wildman–Crippen LogP) is 2.07. The van der Waals surface area contributed by atoms with E-state index in [2.05, 4.69) is 30.7 Å². The molecule has 2 aliphatic rings. The summed E-state index contributed by atoms with van der Waals surface area (Å²) in [6.45, 7) is 2.66. The van der Waals surface area contributed by atoms with Gasteiger partial charge >= 0.3 is 6.18 Å². The van der Waals surface area contributed by atoms with Gasteiger partial charge < -0.3 is 15.5 Å². The number of aromatic nitrogens is 5. The van der Waals surface area contributed by atoms with Crippen LogP contribution in [0.5, 0.6) is 0 Å². The molecule has 0 aromatic carbocycles. The largest absolute Gasteiger partial charge is 0.437 e. The van der Waals surface area contributed by atoms with Gasteiger partial charge in [0.15, 0.2) is 11.3 Å². The standard InChI is InChI=1S/C19H21F3N8O/c1-28-10-13(15(27-28)19(20,21)22)25-17(31)12-9-24-30-8-3-14(26-16(12)30)29-7-2-6-23-11-18(29)4-5-18/h3,8-10,23H,2,4-7,11H2,1H3,(H,25,31). The van der Waals surface area contributed by atoms with Crippen LogP contribution in [0.3, 0.4) is 0 Å². The summed E-state index contributed by atoms with van der Waals surface area (Å²) in [6.07, 6.45) is 2.57. The van der Waals surface area contributed by atoms with Crippen LogP contribution >= 0.6 is 0 Å². The Kier molecular flexibility index (Phi) is 4.43. The van der Waals surface area contributed by atoms with E-state index in [4.69, 9.17) is 0 Å². The highest BCUT2D eigenvalue weighted by atomic mass is 19.4. The van der Waals surface area contributed by atoms with Gasteiger partial charge in [-0.25, -0.2) is 9.50 Å². The van der Waals surface area contributed by atoms with Crippen LogP contribution in [0, 0.1) is 0 Å². The lowest BCUT2D eigenvalue weighted by atomic mass is 10.2. The quantitative estimate of drug-likeness (QED) is 0.656. The molecule has 31 heavy (non-hydrogen) atoms. The molecule has 0 bridgehead atoms. The second-order valence-electron chi connectivity index (χ2n) is 8.04. The number of alkyl halides is 3. The zero-order chi connectivity index (χ0) is 21.8. The van der Waals surface area contributed by atoms with Crippen LogP contribution in [-0.2, 0) is 13.2 Å². The molecular formula is C19H21F3N8O. The summed E-state index contributed by atoms with van der Waals surface area (Å²) in [5.41, 5.74) is -1.13. The first-order chi connectivity index (χ1) is 14.8. The molecule has 3 aromatic heterocycles. The summed E-state index contributed by atoms with van der Waals surface area (Å²) in [7, 11) is 1.36. The average Bonchev–Trinajstić information content (AvgIpc) is 3.29. The summed E-state index contributed by atoms with van der Waals surface area (Å²) in [6, 6.07) is 1.86. The van der Waals surface area contributed by atoms with Crippen LogP contribution < -0.4 is 15.5 Å². The fraction of sp³-hybridized carbons (Fsp3) is 0.474. The van der Waals surface area contributed by atoms with Crippen molar-refractivity contribution in [1.29, 1.82) is 0 Å². The second kappa shape index (κ2) is 6.94. The maximum atomic E-state index is 13.2. The maximum absolute atomic E-state index is 13.2. The Labute approximate surface area is 175 Å². The fourth-order valence-electron chi connectivity index (χ4n) is 4.11. The molecule has 0 radical (unpaired) electrons. The third-order valence-corrected chi connectivity index (χ3v) is 5.81. The number of amides is 1. The lowest BCUT2D eigenvalue weighted by Crippen LogP contribution is -2.42. The van der Waals surface area contributed by atoms with Gasteiger partial charge in [0.05, 0.1) is 17.4 Å². The van der Waals surface area contributed by atoms with Gasteiger partial charge in [-0.2, -0.15) is 23.4 Å². The molecule has 1 saturated carbocycles. The van der Waals surface area contributed by atoms with Crippen LogP contribution in [0.25, 0.3) is 5.65 Å². The summed E-state index contributed by atoms with van der Waals surface area (Å²) < 4.78 is 42.1. The van der Waals surface area contributed by atoms with Crippen molar-refractivity contribution in [2.45, 2.75) is 31.0 Å². The van der Waals surface area contributed by atoms with E-state index in [1.54, 1.807) is 6.20 Å². The molecule has 0 atom stereocenters. The van der Waals surface area contributed by atoms with E-state index in [0.29, 0.717) is 5.65 Å². The summed E-state index contributed by atoms with van der Waals surface area (Å²) >= 11 is 0. The number of carbonyl (C=O) groups is 1. The molecule has 1 saturated heterocycles. The predicted molar refractivity (Wildman–Crippen MR) is 106 cm³/mol. The Morgan fingerprint density at radius 3 is 2.87 bits per heavy atom. The Balaban J connectivity index is 1.47. The number of nitrogens with zero attached hydrogens (tertiary/aromatic N) is 6. The zero-order valence-corrected chi connectivity index (χ0v) is 16.8. The zero-order valence-electron chi connectivity index (χ0n) is 16.8. The molecule has 164 valence electrons. The van der Waals surface area contributed by atoms with Gasteiger partial charge in [-0.05, 0) is 31.9 Å². The fourth-order valence-corrected chi connectivity index (χ4v) is 4.11. The van der Waals surface area contributed by atoms with E-state index in [9.17, 15) is 18.0 Å². The van der Waals surface area contributed by atoms with E-state index in [-0.39, 0.29) is 11.1 Å². The van der Waals surface area contributed by atoms with Crippen molar-refractivity contribution in [1.82, 2.24) is 29.7 Å². The summed E-state index contributed by atoms with van der Waals surface area (Å²) in [5.74, 6) is 0.0115. The molecule has 1 aliphatic heterocycles. The van der Waals surface area contributed by atoms with E-state index >= 15 is 0 Å². The van der Waals surface area contributed by atoms with Crippen molar-refractivity contribution in [2.24, 2.45) is 7.05 Å². The van der Waals surface area contributed by atoms with Crippen LogP contribution in [0.1, 0.15) is 35.3 Å². The molecule has 3 aromatic rings. The highest BCUT2D eigenvalue weighted by Crippen LogP contribution is 2.44. The van der Waals surface area contributed by atoms with Gasteiger partial charge in [-0.15, -0.1) is 0 Å². The lowest BCUT2D eigenvalue weighted by Gasteiger charge is -2.31. The SMILES string of the molecule is Cn1cc(NC(=O)c2cnn3ccc(N4CCCNCC45CC5)nc23)c(C(F)(F)F)n1. The third-order valence-electron chi connectivity index (χ3n) is 5.81. The van der Waals surface area contributed by atoms with E-state index in [0.717, 1.165) is 55.6 Å². The lowest BCUT2D eigenvalue weighted by molar-refractivity contribution is -0.140. The number of hydrogen-bond donors (Lipinski definition) is 2. The minimum Gasteiger partial charge on any atom is -0.349 e. The van der Waals surface area contributed by atoms with E-state index in [1.165, 1.54) is 17.8 Å². The van der Waals surface area contributed by atoms with Crippen LogP contribution in [0.15, 0.2) is 24.7 Å². The van der Waals surface area contributed by atoms with Crippen molar-refractivity contribution in [2.75, 3.05) is 29.9 Å². The van der Waals surface area contributed by atoms with Crippen molar-refractivity contribution in [3.8, 4) is 0 Å². The summed E-state index contributed by atoms with van der Waals surface area (Å²) in [4.78, 5) is 19.8. The Hall–Kier alpha value is -3.15. The monoisotopic (exact) mass is 434 g/mol. The molecule has 5 rings (SSSR count). The van der Waals surface area contributed by atoms with Gasteiger partial charge in [0, 0.05) is 32.5 Å². The minimum absolute atomic E-state index is 0.0433. The van der Waals surface area contributed by atoms with Gasteiger partial charge in [0.2, 0.25) is 0 Å². The number of nitrogens with one attached hydrogen (secondary N) is 2. The van der Waals surface area contributed by atoms with Gasteiger partial charge in [0.25, 0.3) is 5.91 Å². The van der Waals surface area contributed by atoms with Crippen LogP contribution in [-0.4, -0.2) is 55.5 Å². The van der Waals surface area contributed by atoms with E-state index in [1.807, 2.05) is 6.07 Å². The first-order valence-corrected chi connectivity index (χ1v) is 10.0. The number of hydrogen-bond acceptors (Lipinski definition) is 6. The average molecular weight is 434 g/mol. The topological polar surface area (TPSA) is 92.4 Å². The van der Waals surface area contributed by atoms with Gasteiger partial charge in [-0.1, -0.05) is 0 Å². The van der Waals surface area contributed by atoms with E-state index < -0.39 is 23.5 Å². The highest BCUT2D eigenvalue weighted by molar-refractivity contribution is 6.08. The number of aryl methyl sites for hydroxylation is 1. The first kappa shape index (κ1) is 19.8. The highest BCUT2D eigenvalue weighted by Gasteiger charge is 2.49. The molecule has 0 unspecified atom stereocenters. The van der Waals surface area contributed by atoms with Crippen LogP contribution in [0.4, 0.5) is 24.7 Å². The molecular weight excluding hydrogens is 413 g/mol. The molecule has 4 heterocycles. The van der Waals surface area contributed by atoms with Crippen molar-refractivity contribution in [3.63, 3.8) is 0 Å². The third kappa shape index (κ3) is 3.50. The van der Waals surface area contributed by atoms with Crippen molar-refractivity contribution >= 4 is 23.1 Å². The van der Waals surface area contributed by atoms with Gasteiger partial charge in [-0.3, -0.25) is 9.48 Å². The molecule has 1 amide bonds. The molecule has 9 nitrogen and oxygen atoms in total. The molecule has 2 fully saturated rings. The second-order valence-corrected chi connectivity index (χ2v) is 8.04. The van der Waals surface area contributed by atoms with Gasteiger partial charge in [0.1, 0.15) is 11.4 Å². The maximum Gasteiger partial charge on any atom is 0.437 e. The smallest absolute Gasteiger partial charge is 0.349 e. The molecule has 1 aliphatic carbocycles. The normalized spacial score (nSPS) is 18.4. The van der Waals surface area contributed by atoms with Crippen molar-refractivity contribution < 1.29 is 18.0 Å². The van der Waals surface area contributed by atoms with Crippen LogP contribution in [0.2, 0.25) is 0 Å². The molecule has 2 N–H and O–H groups in total. The molecule has 1 spiro atoms. The number of fused-ring (bicyclic) bond motifs is 1. The number of carbonyl (C=O) groups excluding carboxylic acids is 1. The number of anilines is 2. The van der Waals surface area contributed by atoms with Crippen molar-refractivity contribution in [3.05, 3.63) is 35.9 Å². The Morgan fingerprint density at radius 2 is 2.13 bits per heavy atom. The summed E-state index contributed by atoms with van der Waals surface area (Å²) in [5, 5.41) is 13.3. The Morgan fingerprint density at radius 1 is 1.32 bits per heavy atom.